The van der Waals surface area contributed by atoms with Gasteiger partial charge in [0.1, 0.15) is 5.75 Å². The highest BCUT2D eigenvalue weighted by Gasteiger charge is 2.43. The van der Waals surface area contributed by atoms with E-state index in [9.17, 15) is 13.2 Å². The molecule has 0 aliphatic rings. The Labute approximate surface area is 137 Å². The van der Waals surface area contributed by atoms with Gasteiger partial charge in [-0.3, -0.25) is 9.63 Å². The molecule has 0 fully saturated rings. The van der Waals surface area contributed by atoms with E-state index >= 15 is 0 Å². The van der Waals surface area contributed by atoms with Crippen LogP contribution in [0.3, 0.4) is 0 Å². The van der Waals surface area contributed by atoms with Crippen molar-refractivity contribution in [2.24, 2.45) is 0 Å². The van der Waals surface area contributed by atoms with Gasteiger partial charge in [0.25, 0.3) is 5.91 Å². The van der Waals surface area contributed by atoms with Crippen LogP contribution in [0.2, 0.25) is 0 Å². The maximum atomic E-state index is 12.6. The largest absolute Gasteiger partial charge is 0.468 e. The molecule has 0 aromatic heterocycles. The number of sulfone groups is 1. The van der Waals surface area contributed by atoms with Crippen LogP contribution in [-0.4, -0.2) is 39.6 Å². The zero-order valence-electron chi connectivity index (χ0n) is 13.1. The fourth-order valence-corrected chi connectivity index (χ4v) is 2.91. The van der Waals surface area contributed by atoms with E-state index in [0.717, 1.165) is 0 Å². The van der Waals surface area contributed by atoms with Gasteiger partial charge in [0.15, 0.2) is 21.4 Å². The number of benzene rings is 1. The average molecular weight is 347 g/mol. The lowest BCUT2D eigenvalue weighted by molar-refractivity contribution is -0.133. The molecular weight excluding hydrogens is 322 g/mol. The zero-order valence-corrected chi connectivity index (χ0v) is 13.9. The second kappa shape index (κ2) is 8.85. The number of nitrogens with one attached hydrogen (secondary N) is 1. The minimum Gasteiger partial charge on any atom is -0.468 e. The highest BCUT2D eigenvalue weighted by molar-refractivity contribution is 7.93. The van der Waals surface area contributed by atoms with Crippen LogP contribution in [0.5, 0.6) is 5.75 Å². The zero-order chi connectivity index (χ0) is 16.8. The number of hydroxylamine groups is 1. The summed E-state index contributed by atoms with van der Waals surface area (Å²) in [5.74, 6) is -0.266. The second-order valence-electron chi connectivity index (χ2n) is 4.88. The number of carbonyl (C=O) groups is 1. The third kappa shape index (κ3) is 4.92. The van der Waals surface area contributed by atoms with Crippen molar-refractivity contribution >= 4 is 15.7 Å². The van der Waals surface area contributed by atoms with Crippen LogP contribution in [0.4, 0.5) is 0 Å². The van der Waals surface area contributed by atoms with Gasteiger partial charge in [-0.25, -0.2) is 13.9 Å². The molecule has 0 spiro atoms. The molecule has 0 heterocycles. The van der Waals surface area contributed by atoms with Gasteiger partial charge in [-0.05, 0) is 45.0 Å². The summed E-state index contributed by atoms with van der Waals surface area (Å²) in [6, 6.07) is 5.79. The van der Waals surface area contributed by atoms with Crippen molar-refractivity contribution in [3.05, 3.63) is 24.3 Å². The molecular formula is C15H25NO6S. The van der Waals surface area contributed by atoms with Gasteiger partial charge in [0.2, 0.25) is 0 Å². The van der Waals surface area contributed by atoms with Crippen LogP contribution in [0.15, 0.2) is 29.2 Å². The molecule has 1 rings (SSSR count). The molecule has 0 saturated heterocycles. The first-order chi connectivity index (χ1) is 10.3. The Bertz CT molecular complexity index is 595. The normalized spacial score (nSPS) is 11.5. The summed E-state index contributed by atoms with van der Waals surface area (Å²) >= 11 is 0. The summed E-state index contributed by atoms with van der Waals surface area (Å²) in [5.41, 5.74) is 2.05. The van der Waals surface area contributed by atoms with Crippen molar-refractivity contribution in [3.8, 4) is 5.75 Å². The van der Waals surface area contributed by atoms with Gasteiger partial charge in [-0.2, -0.15) is 0 Å². The number of hydrogen-bond donors (Lipinski definition) is 1. The molecule has 0 radical (unpaired) electrons. The number of amides is 1. The smallest absolute Gasteiger partial charge is 0.264 e. The summed E-state index contributed by atoms with van der Waals surface area (Å²) in [6.07, 6.45) is 0. The molecule has 1 aromatic rings. The maximum Gasteiger partial charge on any atom is 0.264 e. The van der Waals surface area contributed by atoms with Gasteiger partial charge in [-0.15, -0.1) is 0 Å². The number of rotatable bonds is 8. The summed E-state index contributed by atoms with van der Waals surface area (Å²) in [7, 11) is -2.64. The lowest BCUT2D eigenvalue weighted by atomic mass is 10.2. The number of carbonyl (C=O) groups excluding carboxylic acids is 1. The first kappa shape index (κ1) is 21.4. The van der Waals surface area contributed by atoms with E-state index in [1.165, 1.54) is 45.2 Å². The predicted octanol–water partition coefficient (Wildman–Crippen LogP) is 1.93. The van der Waals surface area contributed by atoms with Crippen LogP contribution in [0.25, 0.3) is 0 Å². The Morgan fingerprint density at radius 1 is 1.22 bits per heavy atom. The van der Waals surface area contributed by atoms with Gasteiger partial charge in [0.05, 0.1) is 12.0 Å². The second-order valence-corrected chi connectivity index (χ2v) is 7.37. The molecule has 8 heteroatoms. The Kier molecular flexibility index (Phi) is 8.22. The summed E-state index contributed by atoms with van der Waals surface area (Å²) in [4.78, 5) is 16.4. The van der Waals surface area contributed by atoms with E-state index in [1.54, 1.807) is 0 Å². The first-order valence-corrected chi connectivity index (χ1v) is 8.14. The average Bonchev–Trinajstić information content (AvgIpc) is 2.48. The van der Waals surface area contributed by atoms with E-state index in [4.69, 9.17) is 9.47 Å². The van der Waals surface area contributed by atoms with Crippen LogP contribution in [0, 0.1) is 0 Å². The fourth-order valence-electron chi connectivity index (χ4n) is 1.54. The molecule has 7 nitrogen and oxygen atoms in total. The Morgan fingerprint density at radius 2 is 1.78 bits per heavy atom. The van der Waals surface area contributed by atoms with Crippen molar-refractivity contribution in [3.63, 3.8) is 0 Å². The molecule has 0 aliphatic carbocycles. The van der Waals surface area contributed by atoms with Crippen LogP contribution < -0.4 is 10.2 Å². The van der Waals surface area contributed by atoms with E-state index in [0.29, 0.717) is 12.4 Å². The molecule has 0 saturated carbocycles. The number of ether oxygens (including phenoxy) is 2. The Balaban J connectivity index is 0.00000484. The molecule has 0 aliphatic heterocycles. The maximum absolute atomic E-state index is 12.6. The van der Waals surface area contributed by atoms with Crippen molar-refractivity contribution in [1.29, 1.82) is 0 Å². The van der Waals surface area contributed by atoms with E-state index < -0.39 is 20.5 Å². The van der Waals surface area contributed by atoms with Crippen LogP contribution >= 0.6 is 0 Å². The highest BCUT2D eigenvalue weighted by atomic mass is 32.2. The Hall–Kier alpha value is -1.64. The topological polar surface area (TPSA) is 90.9 Å². The lowest BCUT2D eigenvalue weighted by Crippen LogP contribution is -2.47. The van der Waals surface area contributed by atoms with Crippen LogP contribution in [-0.2, 0) is 24.2 Å². The summed E-state index contributed by atoms with van der Waals surface area (Å²) in [6.45, 7) is 5.08. The minimum atomic E-state index is -3.88. The van der Waals surface area contributed by atoms with E-state index in [2.05, 4.69) is 4.84 Å². The molecule has 0 unspecified atom stereocenters. The first-order valence-electron chi connectivity index (χ1n) is 6.66. The SMILES string of the molecule is C.CCOCOc1ccc(S(=O)(=O)C(C)(C)C(=O)NOC)cc1. The third-order valence-corrected chi connectivity index (χ3v) is 5.48. The molecule has 1 N–H and O–H groups in total. The molecule has 132 valence electrons. The summed E-state index contributed by atoms with van der Waals surface area (Å²) < 4.78 is 33.8. The van der Waals surface area contributed by atoms with Gasteiger partial charge in [0, 0.05) is 6.61 Å². The molecule has 0 bridgehead atoms. The predicted molar refractivity (Wildman–Crippen MR) is 86.7 cm³/mol. The Morgan fingerprint density at radius 3 is 2.26 bits per heavy atom. The monoisotopic (exact) mass is 347 g/mol. The standard InChI is InChI=1S/C14H21NO6S.CH4/c1-5-20-10-21-11-6-8-12(9-7-11)22(17,18)14(2,3)13(16)15-19-4;/h6-9H,5,10H2,1-4H3,(H,15,16);1H4. The highest BCUT2D eigenvalue weighted by Crippen LogP contribution is 2.27. The van der Waals surface area contributed by atoms with Crippen molar-refractivity contribution in [2.45, 2.75) is 37.8 Å². The van der Waals surface area contributed by atoms with Crippen molar-refractivity contribution < 1.29 is 27.5 Å². The summed E-state index contributed by atoms with van der Waals surface area (Å²) in [5, 5.41) is 0. The van der Waals surface area contributed by atoms with E-state index in [-0.39, 0.29) is 19.1 Å². The molecule has 1 aromatic carbocycles. The van der Waals surface area contributed by atoms with E-state index in [1.807, 2.05) is 12.4 Å². The quantitative estimate of drug-likeness (QED) is 0.439. The van der Waals surface area contributed by atoms with Crippen molar-refractivity contribution in [2.75, 3.05) is 20.5 Å². The lowest BCUT2D eigenvalue weighted by Gasteiger charge is -2.23. The fraction of sp³-hybridized carbons (Fsp3) is 0.533. The van der Waals surface area contributed by atoms with Gasteiger partial charge in [-0.1, -0.05) is 7.43 Å². The van der Waals surface area contributed by atoms with Gasteiger partial charge < -0.3 is 9.47 Å². The molecule has 0 atom stereocenters. The van der Waals surface area contributed by atoms with Crippen molar-refractivity contribution in [1.82, 2.24) is 5.48 Å². The molecule has 1 amide bonds. The van der Waals surface area contributed by atoms with Crippen LogP contribution in [0.1, 0.15) is 28.2 Å². The minimum absolute atomic E-state index is 0. The van der Waals surface area contributed by atoms with Gasteiger partial charge >= 0.3 is 0 Å². The molecule has 23 heavy (non-hydrogen) atoms. The number of hydrogen-bond acceptors (Lipinski definition) is 6. The third-order valence-electron chi connectivity index (χ3n) is 3.06.